The smallest absolute Gasteiger partial charge is 0.246 e. The molecule has 1 aromatic carbocycles. The van der Waals surface area contributed by atoms with Crippen molar-refractivity contribution < 1.29 is 9.59 Å². The summed E-state index contributed by atoms with van der Waals surface area (Å²) in [5, 5.41) is 3.35. The van der Waals surface area contributed by atoms with Gasteiger partial charge in [0.05, 0.1) is 0 Å². The predicted octanol–water partition coefficient (Wildman–Crippen LogP) is 1.78. The Kier molecular flexibility index (Phi) is 5.28. The van der Waals surface area contributed by atoms with Gasteiger partial charge in [0.2, 0.25) is 11.8 Å². The number of carbonyl (C=O) groups excluding carboxylic acids is 2. The number of para-hydroxylation sites is 1. The van der Waals surface area contributed by atoms with E-state index in [9.17, 15) is 9.59 Å². The minimum Gasteiger partial charge on any atom is -0.333 e. The van der Waals surface area contributed by atoms with Crippen molar-refractivity contribution in [2.45, 2.75) is 38.1 Å². The van der Waals surface area contributed by atoms with E-state index in [0.717, 1.165) is 44.5 Å². The Balaban J connectivity index is 1.76. The van der Waals surface area contributed by atoms with Crippen molar-refractivity contribution in [2.75, 3.05) is 31.1 Å². The number of anilines is 1. The van der Waals surface area contributed by atoms with Gasteiger partial charge in [-0.3, -0.25) is 9.59 Å². The maximum absolute atomic E-state index is 13.0. The van der Waals surface area contributed by atoms with Crippen LogP contribution in [0, 0.1) is 0 Å². The molecule has 0 aliphatic carbocycles. The lowest BCUT2D eigenvalue weighted by Crippen LogP contribution is -2.51. The van der Waals surface area contributed by atoms with Crippen molar-refractivity contribution in [3.05, 3.63) is 30.3 Å². The molecule has 0 bridgehead atoms. The standard InChI is InChI=1S/C18H25N3O2/c22-17-8-4-5-13-20(17)14-18(23)21(15-6-2-1-3-7-15)16-9-11-19-12-10-16/h1-3,6-7,16,19H,4-5,8-14H2. The minimum atomic E-state index is 0.0401. The summed E-state index contributed by atoms with van der Waals surface area (Å²) in [4.78, 5) is 28.6. The third-order valence-corrected chi connectivity index (χ3v) is 4.72. The van der Waals surface area contributed by atoms with Gasteiger partial charge in [-0.15, -0.1) is 0 Å². The van der Waals surface area contributed by atoms with E-state index < -0.39 is 0 Å². The van der Waals surface area contributed by atoms with E-state index in [0.29, 0.717) is 13.0 Å². The third kappa shape index (κ3) is 3.91. The van der Waals surface area contributed by atoms with E-state index in [2.05, 4.69) is 5.32 Å². The predicted molar refractivity (Wildman–Crippen MR) is 90.3 cm³/mol. The highest BCUT2D eigenvalue weighted by Gasteiger charge is 2.29. The van der Waals surface area contributed by atoms with Crippen molar-refractivity contribution in [3.63, 3.8) is 0 Å². The van der Waals surface area contributed by atoms with E-state index in [4.69, 9.17) is 0 Å². The van der Waals surface area contributed by atoms with Crippen LogP contribution in [0.3, 0.4) is 0 Å². The molecule has 2 heterocycles. The van der Waals surface area contributed by atoms with Crippen molar-refractivity contribution >= 4 is 17.5 Å². The lowest BCUT2D eigenvalue weighted by Gasteiger charge is -2.36. The summed E-state index contributed by atoms with van der Waals surface area (Å²) in [6.07, 6.45) is 4.42. The van der Waals surface area contributed by atoms with E-state index in [1.54, 1.807) is 4.90 Å². The molecule has 2 aliphatic rings. The van der Waals surface area contributed by atoms with Crippen LogP contribution < -0.4 is 10.2 Å². The first kappa shape index (κ1) is 16.0. The maximum atomic E-state index is 13.0. The Labute approximate surface area is 137 Å². The summed E-state index contributed by atoms with van der Waals surface area (Å²) in [5.41, 5.74) is 0.939. The van der Waals surface area contributed by atoms with Gasteiger partial charge in [-0.1, -0.05) is 18.2 Å². The summed E-state index contributed by atoms with van der Waals surface area (Å²) in [6.45, 7) is 2.78. The molecule has 2 saturated heterocycles. The topological polar surface area (TPSA) is 52.7 Å². The van der Waals surface area contributed by atoms with Crippen LogP contribution >= 0.6 is 0 Å². The first-order valence-corrected chi connectivity index (χ1v) is 8.61. The van der Waals surface area contributed by atoms with Crippen LogP contribution in [0.2, 0.25) is 0 Å². The number of likely N-dealkylation sites (tertiary alicyclic amines) is 1. The first-order valence-electron chi connectivity index (χ1n) is 8.61. The minimum absolute atomic E-state index is 0.0401. The fourth-order valence-corrected chi connectivity index (χ4v) is 3.48. The number of amides is 2. The molecule has 0 unspecified atom stereocenters. The van der Waals surface area contributed by atoms with E-state index in [1.165, 1.54) is 0 Å². The molecule has 5 nitrogen and oxygen atoms in total. The Bertz CT molecular complexity index is 540. The third-order valence-electron chi connectivity index (χ3n) is 4.72. The summed E-state index contributed by atoms with van der Waals surface area (Å²) < 4.78 is 0. The van der Waals surface area contributed by atoms with Gasteiger partial charge in [0, 0.05) is 24.7 Å². The van der Waals surface area contributed by atoms with Crippen LogP contribution in [0.15, 0.2) is 30.3 Å². The molecule has 2 fully saturated rings. The van der Waals surface area contributed by atoms with Crippen LogP contribution in [-0.2, 0) is 9.59 Å². The molecule has 0 radical (unpaired) electrons. The van der Waals surface area contributed by atoms with Gasteiger partial charge in [-0.25, -0.2) is 0 Å². The number of benzene rings is 1. The zero-order valence-corrected chi connectivity index (χ0v) is 13.5. The fourth-order valence-electron chi connectivity index (χ4n) is 3.48. The summed E-state index contributed by atoms with van der Waals surface area (Å²) in [5.74, 6) is 0.154. The molecule has 0 atom stereocenters. The SMILES string of the molecule is O=C1CCCCN1CC(=O)N(c1ccccc1)C1CCNCC1. The van der Waals surface area contributed by atoms with Crippen LogP contribution in [0.25, 0.3) is 0 Å². The molecule has 3 rings (SSSR count). The van der Waals surface area contributed by atoms with Crippen LogP contribution in [-0.4, -0.2) is 48.9 Å². The highest BCUT2D eigenvalue weighted by atomic mass is 16.2. The van der Waals surface area contributed by atoms with E-state index >= 15 is 0 Å². The molecule has 0 aromatic heterocycles. The Morgan fingerprint density at radius 2 is 1.91 bits per heavy atom. The molecule has 1 N–H and O–H groups in total. The van der Waals surface area contributed by atoms with Gasteiger partial charge in [-0.2, -0.15) is 0 Å². The average molecular weight is 315 g/mol. The number of rotatable bonds is 4. The van der Waals surface area contributed by atoms with Gasteiger partial charge in [0.25, 0.3) is 0 Å². The zero-order chi connectivity index (χ0) is 16.1. The molecule has 23 heavy (non-hydrogen) atoms. The lowest BCUT2D eigenvalue weighted by atomic mass is 10.0. The maximum Gasteiger partial charge on any atom is 0.246 e. The van der Waals surface area contributed by atoms with E-state index in [-0.39, 0.29) is 24.4 Å². The van der Waals surface area contributed by atoms with Crippen LogP contribution in [0.4, 0.5) is 5.69 Å². The largest absolute Gasteiger partial charge is 0.333 e. The average Bonchev–Trinajstić information content (AvgIpc) is 2.59. The summed E-state index contributed by atoms with van der Waals surface area (Å²) in [7, 11) is 0. The van der Waals surface area contributed by atoms with E-state index in [1.807, 2.05) is 35.2 Å². The van der Waals surface area contributed by atoms with Gasteiger partial charge in [0.1, 0.15) is 6.54 Å². The normalized spacial score (nSPS) is 19.7. The van der Waals surface area contributed by atoms with Gasteiger partial charge < -0.3 is 15.1 Å². The number of hydrogen-bond acceptors (Lipinski definition) is 3. The number of nitrogens with zero attached hydrogens (tertiary/aromatic N) is 2. The van der Waals surface area contributed by atoms with Gasteiger partial charge in [-0.05, 0) is 50.9 Å². The Hall–Kier alpha value is -1.88. The van der Waals surface area contributed by atoms with Gasteiger partial charge in [0.15, 0.2) is 0 Å². The molecule has 1 aromatic rings. The van der Waals surface area contributed by atoms with Gasteiger partial charge >= 0.3 is 0 Å². The molecule has 0 saturated carbocycles. The molecular formula is C18H25N3O2. The fraction of sp³-hybridized carbons (Fsp3) is 0.556. The van der Waals surface area contributed by atoms with Crippen LogP contribution in [0.1, 0.15) is 32.1 Å². The Morgan fingerprint density at radius 1 is 1.17 bits per heavy atom. The number of piperidine rings is 2. The van der Waals surface area contributed by atoms with Crippen LogP contribution in [0.5, 0.6) is 0 Å². The number of carbonyl (C=O) groups is 2. The van der Waals surface area contributed by atoms with Crippen molar-refractivity contribution in [1.82, 2.24) is 10.2 Å². The molecule has 124 valence electrons. The van der Waals surface area contributed by atoms with Crippen molar-refractivity contribution in [1.29, 1.82) is 0 Å². The second-order valence-corrected chi connectivity index (χ2v) is 6.35. The van der Waals surface area contributed by atoms with Crippen molar-refractivity contribution in [3.8, 4) is 0 Å². The summed E-state index contributed by atoms with van der Waals surface area (Å²) in [6, 6.07) is 10.1. The molecule has 2 aliphatic heterocycles. The second-order valence-electron chi connectivity index (χ2n) is 6.35. The number of nitrogens with one attached hydrogen (secondary N) is 1. The molecule has 5 heteroatoms. The second kappa shape index (κ2) is 7.59. The Morgan fingerprint density at radius 3 is 2.61 bits per heavy atom. The highest BCUT2D eigenvalue weighted by molar-refractivity contribution is 5.97. The first-order chi connectivity index (χ1) is 11.3. The highest BCUT2D eigenvalue weighted by Crippen LogP contribution is 2.22. The molecule has 2 amide bonds. The quantitative estimate of drug-likeness (QED) is 0.921. The molecule has 0 spiro atoms. The number of hydrogen-bond donors (Lipinski definition) is 1. The molecular weight excluding hydrogens is 290 g/mol. The lowest BCUT2D eigenvalue weighted by molar-refractivity contribution is -0.137. The zero-order valence-electron chi connectivity index (χ0n) is 13.5. The monoisotopic (exact) mass is 315 g/mol. The summed E-state index contributed by atoms with van der Waals surface area (Å²) >= 11 is 0. The van der Waals surface area contributed by atoms with Crippen molar-refractivity contribution in [2.24, 2.45) is 0 Å².